The minimum absolute atomic E-state index is 0.0337. The summed E-state index contributed by atoms with van der Waals surface area (Å²) in [7, 11) is 0. The van der Waals surface area contributed by atoms with Crippen molar-refractivity contribution in [2.45, 2.75) is 12.4 Å². The van der Waals surface area contributed by atoms with Gasteiger partial charge in [0.25, 0.3) is 12.1 Å². The Bertz CT molecular complexity index is 1070. The Balaban J connectivity index is 1.79. The number of halogens is 5. The maximum absolute atomic E-state index is 13.1. The van der Waals surface area contributed by atoms with Gasteiger partial charge in [-0.05, 0) is 48.5 Å². The van der Waals surface area contributed by atoms with Crippen LogP contribution >= 0.6 is 11.3 Å². The van der Waals surface area contributed by atoms with Gasteiger partial charge < -0.3 is 15.4 Å². The number of hydrogen-bond donors (Lipinski definition) is 2. The fourth-order valence-electron chi connectivity index (χ4n) is 2.27. The summed E-state index contributed by atoms with van der Waals surface area (Å²) in [5, 5.41) is 6.01. The molecule has 1 unspecified atom stereocenters. The maximum atomic E-state index is 13.1. The number of benzene rings is 2. The zero-order valence-corrected chi connectivity index (χ0v) is 16.1. The van der Waals surface area contributed by atoms with Gasteiger partial charge >= 0.3 is 12.1 Å². The number of aromatic nitrogens is 1. The van der Waals surface area contributed by atoms with Crippen LogP contribution < -0.4 is 10.6 Å². The highest BCUT2D eigenvalue weighted by molar-refractivity contribution is 7.14. The van der Waals surface area contributed by atoms with E-state index in [1.54, 1.807) is 0 Å². The number of hydrogen-bond acceptors (Lipinski definition) is 6. The van der Waals surface area contributed by atoms with E-state index in [0.717, 1.165) is 23.5 Å². The summed E-state index contributed by atoms with van der Waals surface area (Å²) in [6, 6.07) is 9.67. The minimum atomic E-state index is -5.34. The number of amides is 1. The molecule has 3 rings (SSSR count). The van der Waals surface area contributed by atoms with Crippen molar-refractivity contribution in [1.29, 1.82) is 0 Å². The van der Waals surface area contributed by atoms with Crippen LogP contribution in [0.15, 0.2) is 53.9 Å². The normalized spacial score (nSPS) is 12.2. The molecule has 0 fully saturated rings. The number of carbonyl (C=O) groups is 2. The second-order valence-electron chi connectivity index (χ2n) is 5.97. The molecule has 1 atom stereocenters. The monoisotopic (exact) mass is 457 g/mol. The summed E-state index contributed by atoms with van der Waals surface area (Å²) in [4.78, 5) is 27.8. The van der Waals surface area contributed by atoms with Gasteiger partial charge in [0.1, 0.15) is 11.6 Å². The molecule has 0 saturated carbocycles. The van der Waals surface area contributed by atoms with Crippen LogP contribution in [0.4, 0.5) is 32.8 Å². The molecule has 0 aliphatic carbocycles. The number of nitrogens with one attached hydrogen (secondary N) is 2. The fourth-order valence-corrected chi connectivity index (χ4v) is 3.01. The summed E-state index contributed by atoms with van der Waals surface area (Å²) >= 11 is 0.919. The Kier molecular flexibility index (Phi) is 6.49. The smallest absolute Gasteiger partial charge is 0.425 e. The molecule has 162 valence electrons. The first-order chi connectivity index (χ1) is 14.6. The number of alkyl halides is 3. The van der Waals surface area contributed by atoms with Crippen molar-refractivity contribution in [2.24, 2.45) is 0 Å². The highest BCUT2D eigenvalue weighted by atomic mass is 32.1. The van der Waals surface area contributed by atoms with Crippen LogP contribution in [0.25, 0.3) is 11.3 Å². The first-order valence-corrected chi connectivity index (χ1v) is 9.32. The zero-order valence-electron chi connectivity index (χ0n) is 15.2. The summed E-state index contributed by atoms with van der Waals surface area (Å²) in [6.07, 6.45) is -7.43. The molecule has 1 aromatic heterocycles. The first-order valence-electron chi connectivity index (χ1n) is 8.44. The van der Waals surface area contributed by atoms with Crippen molar-refractivity contribution in [3.63, 3.8) is 0 Å². The molecule has 2 aromatic carbocycles. The summed E-state index contributed by atoms with van der Waals surface area (Å²) in [5.41, 5.74) is 0.935. The average Bonchev–Trinajstić information content (AvgIpc) is 3.17. The van der Waals surface area contributed by atoms with Crippen LogP contribution in [0.3, 0.4) is 0 Å². The van der Waals surface area contributed by atoms with E-state index in [1.807, 2.05) is 0 Å². The molecule has 6 nitrogen and oxygen atoms in total. The molecule has 0 bridgehead atoms. The number of esters is 1. The van der Waals surface area contributed by atoms with E-state index >= 15 is 0 Å². The number of carbonyl (C=O) groups excluding carboxylic acids is 2. The molecule has 0 radical (unpaired) electrons. The van der Waals surface area contributed by atoms with Crippen LogP contribution in [-0.4, -0.2) is 29.3 Å². The van der Waals surface area contributed by atoms with E-state index in [0.29, 0.717) is 11.3 Å². The van der Waals surface area contributed by atoms with Gasteiger partial charge in [-0.25, -0.2) is 18.6 Å². The maximum Gasteiger partial charge on any atom is 0.491 e. The predicted octanol–water partition coefficient (Wildman–Crippen LogP) is 4.57. The Hall–Kier alpha value is -3.54. The average molecular weight is 457 g/mol. The third kappa shape index (κ3) is 5.98. The van der Waals surface area contributed by atoms with Crippen LogP contribution in [-0.2, 0) is 14.3 Å². The predicted molar refractivity (Wildman–Crippen MR) is 102 cm³/mol. The molecular weight excluding hydrogens is 445 g/mol. The molecule has 1 amide bonds. The Labute approximate surface area is 175 Å². The van der Waals surface area contributed by atoms with Crippen molar-refractivity contribution in [2.75, 3.05) is 10.6 Å². The number of nitrogens with zero attached hydrogens (tertiary/aromatic N) is 1. The number of anilines is 2. The van der Waals surface area contributed by atoms with Gasteiger partial charge in [-0.2, -0.15) is 13.2 Å². The Morgan fingerprint density at radius 3 is 2.13 bits per heavy atom. The molecule has 0 saturated heterocycles. The molecule has 3 aromatic rings. The summed E-state index contributed by atoms with van der Waals surface area (Å²) < 4.78 is 68.2. The SMILES string of the molecule is O=C(Nc1ccc(F)cc1)C(Nc1nc(-c2ccc(F)cc2)cs1)OC(=O)C(F)(F)F. The molecule has 12 heteroatoms. The van der Waals surface area contributed by atoms with Gasteiger partial charge in [0.2, 0.25) is 0 Å². The lowest BCUT2D eigenvalue weighted by molar-refractivity contribution is -0.203. The summed E-state index contributed by atoms with van der Waals surface area (Å²) in [5.74, 6) is -4.79. The second kappa shape index (κ2) is 9.08. The molecule has 0 spiro atoms. The summed E-state index contributed by atoms with van der Waals surface area (Å²) in [6.45, 7) is 0. The largest absolute Gasteiger partial charge is 0.491 e. The topological polar surface area (TPSA) is 80.3 Å². The van der Waals surface area contributed by atoms with Crippen molar-refractivity contribution < 1.29 is 36.3 Å². The van der Waals surface area contributed by atoms with E-state index in [1.165, 1.54) is 41.8 Å². The lowest BCUT2D eigenvalue weighted by Gasteiger charge is -2.19. The van der Waals surface area contributed by atoms with Gasteiger partial charge in [0.05, 0.1) is 5.69 Å². The molecule has 31 heavy (non-hydrogen) atoms. The Morgan fingerprint density at radius 1 is 0.968 bits per heavy atom. The minimum Gasteiger partial charge on any atom is -0.425 e. The van der Waals surface area contributed by atoms with E-state index in [9.17, 15) is 31.5 Å². The third-order valence-corrected chi connectivity index (χ3v) is 4.48. The van der Waals surface area contributed by atoms with Crippen molar-refractivity contribution in [3.05, 3.63) is 65.5 Å². The van der Waals surface area contributed by atoms with E-state index < -0.39 is 35.9 Å². The third-order valence-electron chi connectivity index (χ3n) is 3.70. The quantitative estimate of drug-likeness (QED) is 0.322. The van der Waals surface area contributed by atoms with E-state index in [2.05, 4.69) is 20.4 Å². The zero-order chi connectivity index (χ0) is 22.6. The number of thiazole rings is 1. The van der Waals surface area contributed by atoms with Crippen LogP contribution in [0.2, 0.25) is 0 Å². The van der Waals surface area contributed by atoms with Gasteiger partial charge in [0, 0.05) is 16.6 Å². The number of ether oxygens (including phenoxy) is 1. The van der Waals surface area contributed by atoms with E-state index in [-0.39, 0.29) is 10.8 Å². The lowest BCUT2D eigenvalue weighted by atomic mass is 10.2. The van der Waals surface area contributed by atoms with Crippen LogP contribution in [0, 0.1) is 11.6 Å². The second-order valence-corrected chi connectivity index (χ2v) is 6.83. The lowest BCUT2D eigenvalue weighted by Crippen LogP contribution is -2.42. The standard InChI is InChI=1S/C19H12F5N3O3S/c20-11-3-1-10(2-4-11)14-9-31-18(26-14)27-16(30-17(29)19(22,23)24)15(28)25-13-7-5-12(21)6-8-13/h1-9,16H,(H,25,28)(H,26,27). The van der Waals surface area contributed by atoms with Gasteiger partial charge in [-0.1, -0.05) is 0 Å². The molecule has 2 N–H and O–H groups in total. The van der Waals surface area contributed by atoms with E-state index in [4.69, 9.17) is 0 Å². The number of rotatable bonds is 6. The first kappa shape index (κ1) is 22.2. The molecule has 1 heterocycles. The van der Waals surface area contributed by atoms with Crippen molar-refractivity contribution >= 4 is 34.0 Å². The Morgan fingerprint density at radius 2 is 1.55 bits per heavy atom. The highest BCUT2D eigenvalue weighted by Crippen LogP contribution is 2.26. The van der Waals surface area contributed by atoms with Crippen molar-refractivity contribution in [3.8, 4) is 11.3 Å². The van der Waals surface area contributed by atoms with Crippen LogP contribution in [0.1, 0.15) is 0 Å². The molecule has 0 aliphatic rings. The fraction of sp³-hybridized carbons (Fsp3) is 0.105. The van der Waals surface area contributed by atoms with Crippen molar-refractivity contribution in [1.82, 2.24) is 4.98 Å². The highest BCUT2D eigenvalue weighted by Gasteiger charge is 2.43. The van der Waals surface area contributed by atoms with Gasteiger partial charge in [-0.3, -0.25) is 4.79 Å². The van der Waals surface area contributed by atoms with Gasteiger partial charge in [-0.15, -0.1) is 11.3 Å². The molecular formula is C19H12F5N3O3S. The molecule has 0 aliphatic heterocycles. The van der Waals surface area contributed by atoms with Crippen LogP contribution in [0.5, 0.6) is 0 Å². The van der Waals surface area contributed by atoms with Gasteiger partial charge in [0.15, 0.2) is 5.13 Å².